The van der Waals surface area contributed by atoms with E-state index in [1.165, 1.54) is 14.2 Å². The molecule has 3 aliphatic rings. The number of ether oxygens (including phenoxy) is 4. The fourth-order valence-corrected chi connectivity index (χ4v) is 4.29. The molecule has 0 bridgehead atoms. The Balaban J connectivity index is 1.33. The summed E-state index contributed by atoms with van der Waals surface area (Å²) in [7, 11) is 2.71. The van der Waals surface area contributed by atoms with Gasteiger partial charge in [-0.1, -0.05) is 6.07 Å². The smallest absolute Gasteiger partial charge is 0.231 e. The summed E-state index contributed by atoms with van der Waals surface area (Å²) >= 11 is 0. The Morgan fingerprint density at radius 2 is 1.61 bits per heavy atom. The number of rotatable bonds is 6. The molecule has 8 nitrogen and oxygen atoms in total. The SMILES string of the molecule is COC1=C(OC)C(=O)C2=C(CCC(CC(=O)NCc3ccc4c(c3)OCO4)CC2)C1=O. The minimum atomic E-state index is -0.290. The highest BCUT2D eigenvalue weighted by molar-refractivity contribution is 6.23. The number of carbonyl (C=O) groups is 3. The Morgan fingerprint density at radius 1 is 1.00 bits per heavy atom. The normalized spacial score (nSPS) is 18.6. The molecule has 0 spiro atoms. The lowest BCUT2D eigenvalue weighted by molar-refractivity contribution is -0.122. The zero-order valence-electron chi connectivity index (χ0n) is 17.6. The van der Waals surface area contributed by atoms with Crippen molar-refractivity contribution >= 4 is 17.5 Å². The third-order valence-electron chi connectivity index (χ3n) is 5.95. The maximum Gasteiger partial charge on any atom is 0.231 e. The van der Waals surface area contributed by atoms with Crippen LogP contribution in [0.3, 0.4) is 0 Å². The van der Waals surface area contributed by atoms with E-state index in [1.54, 1.807) is 0 Å². The summed E-state index contributed by atoms with van der Waals surface area (Å²) in [5.41, 5.74) is 1.91. The summed E-state index contributed by atoms with van der Waals surface area (Å²) in [5.74, 6) is 0.757. The van der Waals surface area contributed by atoms with Crippen LogP contribution in [-0.2, 0) is 30.4 Å². The maximum atomic E-state index is 12.8. The van der Waals surface area contributed by atoms with Crippen LogP contribution in [0.15, 0.2) is 40.9 Å². The molecule has 0 saturated heterocycles. The summed E-state index contributed by atoms with van der Waals surface area (Å²) in [6.45, 7) is 0.606. The highest BCUT2D eigenvalue weighted by Crippen LogP contribution is 2.37. The number of allylic oxidation sites excluding steroid dienone is 2. The van der Waals surface area contributed by atoms with E-state index >= 15 is 0 Å². The van der Waals surface area contributed by atoms with Gasteiger partial charge in [0.15, 0.2) is 11.5 Å². The van der Waals surface area contributed by atoms with E-state index in [9.17, 15) is 14.4 Å². The molecule has 1 N–H and O–H groups in total. The average Bonchev–Trinajstić information content (AvgIpc) is 3.14. The van der Waals surface area contributed by atoms with Crippen molar-refractivity contribution in [3.8, 4) is 11.5 Å². The van der Waals surface area contributed by atoms with Gasteiger partial charge in [-0.3, -0.25) is 14.4 Å². The quantitative estimate of drug-likeness (QED) is 0.697. The van der Waals surface area contributed by atoms with Gasteiger partial charge in [0.2, 0.25) is 35.8 Å². The predicted molar refractivity (Wildman–Crippen MR) is 109 cm³/mol. The Morgan fingerprint density at radius 3 is 2.23 bits per heavy atom. The second-order valence-electron chi connectivity index (χ2n) is 7.79. The molecule has 31 heavy (non-hydrogen) atoms. The molecule has 4 rings (SSSR count). The Kier molecular flexibility index (Phi) is 5.97. The molecule has 1 amide bonds. The topological polar surface area (TPSA) is 100 Å². The Hall–Kier alpha value is -3.29. The van der Waals surface area contributed by atoms with Crippen molar-refractivity contribution in [1.82, 2.24) is 5.32 Å². The Bertz CT molecular complexity index is 952. The van der Waals surface area contributed by atoms with Gasteiger partial charge >= 0.3 is 0 Å². The van der Waals surface area contributed by atoms with Gasteiger partial charge in [-0.15, -0.1) is 0 Å². The second-order valence-corrected chi connectivity index (χ2v) is 7.79. The number of hydrogen-bond donors (Lipinski definition) is 1. The second kappa shape index (κ2) is 8.83. The Labute approximate surface area is 180 Å². The third kappa shape index (κ3) is 4.15. The third-order valence-corrected chi connectivity index (χ3v) is 5.95. The van der Waals surface area contributed by atoms with E-state index in [0.29, 0.717) is 61.3 Å². The molecule has 1 aromatic rings. The molecule has 2 aliphatic carbocycles. The van der Waals surface area contributed by atoms with E-state index in [2.05, 4.69) is 5.32 Å². The summed E-state index contributed by atoms with van der Waals surface area (Å²) < 4.78 is 20.9. The molecular weight excluding hydrogens is 402 g/mol. The fraction of sp³-hybridized carbons (Fsp3) is 0.435. The number of nitrogens with one attached hydrogen (secondary N) is 1. The van der Waals surface area contributed by atoms with Crippen molar-refractivity contribution in [2.24, 2.45) is 5.92 Å². The van der Waals surface area contributed by atoms with Crippen molar-refractivity contribution in [3.05, 3.63) is 46.4 Å². The first-order valence-corrected chi connectivity index (χ1v) is 10.3. The van der Waals surface area contributed by atoms with Gasteiger partial charge in [-0.2, -0.15) is 0 Å². The molecule has 0 radical (unpaired) electrons. The van der Waals surface area contributed by atoms with Gasteiger partial charge in [-0.25, -0.2) is 0 Å². The molecule has 1 heterocycles. The number of methoxy groups -OCH3 is 2. The zero-order chi connectivity index (χ0) is 22.0. The lowest BCUT2D eigenvalue weighted by Crippen LogP contribution is -2.25. The average molecular weight is 427 g/mol. The fourth-order valence-electron chi connectivity index (χ4n) is 4.29. The number of hydrogen-bond acceptors (Lipinski definition) is 7. The first kappa shape index (κ1) is 21.0. The molecule has 164 valence electrons. The number of carbonyl (C=O) groups excluding carboxylic acids is 3. The van der Waals surface area contributed by atoms with Gasteiger partial charge in [0.1, 0.15) is 0 Å². The molecule has 0 saturated carbocycles. The summed E-state index contributed by atoms with van der Waals surface area (Å²) in [6, 6.07) is 5.58. The molecule has 1 aromatic carbocycles. The van der Waals surface area contributed by atoms with Crippen LogP contribution in [0.5, 0.6) is 11.5 Å². The molecule has 0 unspecified atom stereocenters. The van der Waals surface area contributed by atoms with Gasteiger partial charge in [-0.05, 0) is 49.3 Å². The van der Waals surface area contributed by atoms with Gasteiger partial charge in [0.25, 0.3) is 0 Å². The van der Waals surface area contributed by atoms with Gasteiger partial charge in [0.05, 0.1) is 14.2 Å². The van der Waals surface area contributed by atoms with E-state index in [0.717, 1.165) is 5.56 Å². The maximum absolute atomic E-state index is 12.8. The van der Waals surface area contributed by atoms with E-state index in [1.807, 2.05) is 18.2 Å². The monoisotopic (exact) mass is 427 g/mol. The van der Waals surface area contributed by atoms with Gasteiger partial charge in [0, 0.05) is 24.1 Å². The van der Waals surface area contributed by atoms with Crippen LogP contribution in [0, 0.1) is 5.92 Å². The van der Waals surface area contributed by atoms with Crippen molar-refractivity contribution in [2.45, 2.75) is 38.6 Å². The van der Waals surface area contributed by atoms with Crippen molar-refractivity contribution in [1.29, 1.82) is 0 Å². The molecule has 1 aliphatic heterocycles. The van der Waals surface area contributed by atoms with Crippen LogP contribution < -0.4 is 14.8 Å². The van der Waals surface area contributed by atoms with E-state index in [4.69, 9.17) is 18.9 Å². The molecule has 0 fully saturated rings. The van der Waals surface area contributed by atoms with E-state index < -0.39 is 0 Å². The van der Waals surface area contributed by atoms with Crippen LogP contribution in [-0.4, -0.2) is 38.5 Å². The highest BCUT2D eigenvalue weighted by atomic mass is 16.7. The van der Waals surface area contributed by atoms with Crippen LogP contribution in [0.25, 0.3) is 0 Å². The largest absolute Gasteiger partial charge is 0.489 e. The van der Waals surface area contributed by atoms with Gasteiger partial charge < -0.3 is 24.3 Å². The van der Waals surface area contributed by atoms with E-state index in [-0.39, 0.29) is 41.7 Å². The summed E-state index contributed by atoms with van der Waals surface area (Å²) in [6.07, 6.45) is 2.56. The number of Topliss-reactive ketones (excluding diaryl/α,β-unsaturated/α-hetero) is 2. The number of amides is 1. The summed E-state index contributed by atoms with van der Waals surface area (Å²) in [5, 5.41) is 2.94. The standard InChI is InChI=1S/C23H25NO7/c1-28-22-20(26)15-6-3-13(4-7-16(15)21(27)23(22)29-2)10-19(25)24-11-14-5-8-17-18(9-14)31-12-30-17/h5,8-9,13H,3-4,6-7,10-12H2,1-2H3,(H,24,25). The first-order valence-electron chi connectivity index (χ1n) is 10.3. The van der Waals surface area contributed by atoms with Crippen molar-refractivity contribution in [3.63, 3.8) is 0 Å². The lowest BCUT2D eigenvalue weighted by Gasteiger charge is -2.20. The first-order chi connectivity index (χ1) is 15.0. The highest BCUT2D eigenvalue weighted by Gasteiger charge is 2.38. The van der Waals surface area contributed by atoms with Crippen LogP contribution in [0.4, 0.5) is 0 Å². The molecule has 8 heteroatoms. The number of benzene rings is 1. The minimum absolute atomic E-state index is 0.0360. The molecular formula is C23H25NO7. The van der Waals surface area contributed by atoms with Crippen molar-refractivity contribution in [2.75, 3.05) is 21.0 Å². The molecule has 0 aromatic heterocycles. The van der Waals surface area contributed by atoms with Crippen LogP contribution in [0.1, 0.15) is 37.7 Å². The summed E-state index contributed by atoms with van der Waals surface area (Å²) in [4.78, 5) is 38.0. The van der Waals surface area contributed by atoms with Crippen LogP contribution in [0.2, 0.25) is 0 Å². The number of fused-ring (bicyclic) bond motifs is 1. The zero-order valence-corrected chi connectivity index (χ0v) is 17.6. The van der Waals surface area contributed by atoms with Crippen molar-refractivity contribution < 1.29 is 33.3 Å². The predicted octanol–water partition coefficient (Wildman–Crippen LogP) is 2.56. The van der Waals surface area contributed by atoms with Crippen LogP contribution >= 0.6 is 0 Å². The number of ketones is 2. The molecule has 0 atom stereocenters. The lowest BCUT2D eigenvalue weighted by atomic mass is 9.89. The minimum Gasteiger partial charge on any atom is -0.489 e.